The van der Waals surface area contributed by atoms with Crippen LogP contribution in [0.5, 0.6) is 0 Å². The summed E-state index contributed by atoms with van der Waals surface area (Å²) >= 11 is 1.18. The highest BCUT2D eigenvalue weighted by atomic mass is 32.2. The van der Waals surface area contributed by atoms with Crippen LogP contribution >= 0.6 is 11.8 Å². The van der Waals surface area contributed by atoms with Crippen molar-refractivity contribution in [1.29, 1.82) is 0 Å². The highest BCUT2D eigenvalue weighted by Crippen LogP contribution is 2.37. The summed E-state index contributed by atoms with van der Waals surface area (Å²) in [6.07, 6.45) is -2.87. The van der Waals surface area contributed by atoms with E-state index in [2.05, 4.69) is 10.3 Å². The second-order valence-electron chi connectivity index (χ2n) is 4.16. The number of hydrogen-bond acceptors (Lipinski definition) is 3. The number of benzene rings is 1. The maximum Gasteiger partial charge on any atom is 0.416 e. The zero-order valence-electron chi connectivity index (χ0n) is 10.9. The molecule has 1 N–H and O–H groups in total. The number of rotatable bonds is 3. The number of hydrogen-bond donors (Lipinski definition) is 1. The largest absolute Gasteiger partial charge is 0.416 e. The van der Waals surface area contributed by atoms with Crippen LogP contribution in [-0.2, 0) is 11.0 Å². The van der Waals surface area contributed by atoms with Gasteiger partial charge >= 0.3 is 6.18 Å². The van der Waals surface area contributed by atoms with Gasteiger partial charge in [0.05, 0.1) is 11.3 Å². The molecule has 1 aromatic heterocycles. The Bertz CT molecular complexity index is 644. The molecule has 0 aliphatic carbocycles. The molecule has 0 fully saturated rings. The molecular weight excluding hydrogens is 301 g/mol. The minimum absolute atomic E-state index is 0.118. The summed E-state index contributed by atoms with van der Waals surface area (Å²) < 4.78 is 38.2. The van der Waals surface area contributed by atoms with Gasteiger partial charge in [0.1, 0.15) is 5.03 Å². The van der Waals surface area contributed by atoms with E-state index in [0.29, 0.717) is 9.92 Å². The van der Waals surface area contributed by atoms with Crippen molar-refractivity contribution in [3.05, 3.63) is 48.2 Å². The summed E-state index contributed by atoms with van der Waals surface area (Å²) in [5, 5.41) is 3.05. The highest BCUT2D eigenvalue weighted by molar-refractivity contribution is 7.99. The summed E-state index contributed by atoms with van der Waals surface area (Å²) in [6.45, 7) is 1.25. The second kappa shape index (κ2) is 6.17. The third kappa shape index (κ3) is 4.22. The van der Waals surface area contributed by atoms with Crippen LogP contribution in [0.25, 0.3) is 0 Å². The number of nitrogens with zero attached hydrogens (tertiary/aromatic N) is 1. The quantitative estimate of drug-likeness (QED) is 0.923. The molecule has 0 saturated heterocycles. The number of pyridine rings is 1. The molecule has 1 heterocycles. The van der Waals surface area contributed by atoms with Crippen LogP contribution in [-0.4, -0.2) is 10.9 Å². The van der Waals surface area contributed by atoms with Gasteiger partial charge in [-0.2, -0.15) is 13.2 Å². The Morgan fingerprint density at radius 3 is 2.57 bits per heavy atom. The number of nitrogens with one attached hydrogen (secondary N) is 1. The molecule has 0 unspecified atom stereocenters. The summed E-state index contributed by atoms with van der Waals surface area (Å²) in [6, 6.07) is 8.49. The summed E-state index contributed by atoms with van der Waals surface area (Å²) in [7, 11) is 0. The van der Waals surface area contributed by atoms with Crippen molar-refractivity contribution in [3.63, 3.8) is 0 Å². The van der Waals surface area contributed by atoms with Crippen LogP contribution in [0.3, 0.4) is 0 Å². The van der Waals surface area contributed by atoms with E-state index in [4.69, 9.17) is 0 Å². The molecule has 21 heavy (non-hydrogen) atoms. The zero-order chi connectivity index (χ0) is 15.5. The van der Waals surface area contributed by atoms with Crippen molar-refractivity contribution >= 4 is 23.4 Å². The van der Waals surface area contributed by atoms with E-state index < -0.39 is 17.6 Å². The lowest BCUT2D eigenvalue weighted by atomic mass is 10.2. The first-order valence-electron chi connectivity index (χ1n) is 5.94. The van der Waals surface area contributed by atoms with Crippen molar-refractivity contribution < 1.29 is 18.0 Å². The summed E-state index contributed by atoms with van der Waals surface area (Å²) in [4.78, 5) is 15.8. The van der Waals surface area contributed by atoms with Crippen LogP contribution in [0.1, 0.15) is 12.5 Å². The van der Waals surface area contributed by atoms with Gasteiger partial charge in [-0.3, -0.25) is 4.79 Å². The second-order valence-corrected chi connectivity index (χ2v) is 5.22. The molecule has 2 aromatic rings. The van der Waals surface area contributed by atoms with Crippen LogP contribution < -0.4 is 5.32 Å². The monoisotopic (exact) mass is 312 g/mol. The van der Waals surface area contributed by atoms with Crippen molar-refractivity contribution in [2.75, 3.05) is 5.32 Å². The molecule has 0 radical (unpaired) electrons. The van der Waals surface area contributed by atoms with E-state index in [1.165, 1.54) is 24.8 Å². The lowest BCUT2D eigenvalue weighted by Gasteiger charge is -2.13. The van der Waals surface area contributed by atoms with Gasteiger partial charge in [-0.05, 0) is 30.3 Å². The lowest BCUT2D eigenvalue weighted by molar-refractivity contribution is -0.137. The first kappa shape index (κ1) is 15.4. The molecule has 110 valence electrons. The number of anilines is 1. The Balaban J connectivity index is 2.38. The lowest BCUT2D eigenvalue weighted by Crippen LogP contribution is -2.10. The van der Waals surface area contributed by atoms with Crippen molar-refractivity contribution in [1.82, 2.24) is 4.98 Å². The topological polar surface area (TPSA) is 42.0 Å². The first-order chi connectivity index (χ1) is 9.86. The van der Waals surface area contributed by atoms with Crippen LogP contribution in [0.4, 0.5) is 18.9 Å². The summed E-state index contributed by atoms with van der Waals surface area (Å²) in [5.74, 6) is -0.433. The third-order valence-corrected chi connectivity index (χ3v) is 3.50. The van der Waals surface area contributed by atoms with Gasteiger partial charge in [0.2, 0.25) is 5.91 Å². The number of aromatic nitrogens is 1. The summed E-state index contributed by atoms with van der Waals surface area (Å²) in [5.41, 5.74) is -0.690. The van der Waals surface area contributed by atoms with Gasteiger partial charge in [0, 0.05) is 18.0 Å². The first-order valence-corrected chi connectivity index (χ1v) is 6.75. The van der Waals surface area contributed by atoms with Crippen LogP contribution in [0.15, 0.2) is 52.5 Å². The average Bonchev–Trinajstić information content (AvgIpc) is 2.40. The SMILES string of the molecule is CC(=O)Nc1cc(C(F)(F)F)ccc1Sc1ccccn1. The molecule has 1 amide bonds. The molecule has 0 bridgehead atoms. The molecule has 0 saturated carbocycles. The molecule has 0 atom stereocenters. The Hall–Kier alpha value is -2.02. The minimum atomic E-state index is -4.46. The van der Waals surface area contributed by atoms with E-state index in [0.717, 1.165) is 12.1 Å². The molecule has 1 aromatic carbocycles. The Labute approximate surface area is 123 Å². The van der Waals surface area contributed by atoms with Crippen molar-refractivity contribution in [3.8, 4) is 0 Å². The fourth-order valence-corrected chi connectivity index (χ4v) is 2.44. The van der Waals surface area contributed by atoms with Crippen molar-refractivity contribution in [2.24, 2.45) is 0 Å². The normalized spacial score (nSPS) is 11.2. The average molecular weight is 312 g/mol. The van der Waals surface area contributed by atoms with Gasteiger partial charge in [0.25, 0.3) is 0 Å². The van der Waals surface area contributed by atoms with E-state index in [9.17, 15) is 18.0 Å². The number of alkyl halides is 3. The van der Waals surface area contributed by atoms with Gasteiger partial charge in [-0.1, -0.05) is 17.8 Å². The smallest absolute Gasteiger partial charge is 0.325 e. The van der Waals surface area contributed by atoms with E-state index in [-0.39, 0.29) is 5.69 Å². The minimum Gasteiger partial charge on any atom is -0.325 e. The molecule has 0 spiro atoms. The van der Waals surface area contributed by atoms with Crippen molar-refractivity contribution in [2.45, 2.75) is 23.0 Å². The predicted octanol–water partition coefficient (Wildman–Crippen LogP) is 4.21. The molecule has 0 aliphatic heterocycles. The van der Waals surface area contributed by atoms with E-state index in [1.807, 2.05) is 0 Å². The van der Waals surface area contributed by atoms with Crippen LogP contribution in [0, 0.1) is 0 Å². The molecule has 7 heteroatoms. The number of amides is 1. The van der Waals surface area contributed by atoms with E-state index >= 15 is 0 Å². The maximum absolute atomic E-state index is 12.7. The molecule has 2 rings (SSSR count). The van der Waals surface area contributed by atoms with Gasteiger partial charge in [-0.15, -0.1) is 0 Å². The number of carbonyl (C=O) groups excluding carboxylic acids is 1. The van der Waals surface area contributed by atoms with Gasteiger partial charge in [-0.25, -0.2) is 4.98 Å². The molecule has 0 aliphatic rings. The maximum atomic E-state index is 12.7. The number of halogens is 3. The standard InChI is InChI=1S/C14H11F3N2OS/c1-9(20)19-11-8-10(14(15,16)17)5-6-12(11)21-13-4-2-3-7-18-13/h2-8H,1H3,(H,19,20). The highest BCUT2D eigenvalue weighted by Gasteiger charge is 2.31. The molecular formula is C14H11F3N2OS. The Morgan fingerprint density at radius 2 is 2.00 bits per heavy atom. The third-order valence-electron chi connectivity index (χ3n) is 2.47. The van der Waals surface area contributed by atoms with E-state index in [1.54, 1.807) is 24.4 Å². The fourth-order valence-electron chi connectivity index (χ4n) is 1.60. The number of carbonyl (C=O) groups is 1. The Kier molecular flexibility index (Phi) is 4.52. The van der Waals surface area contributed by atoms with Crippen LogP contribution in [0.2, 0.25) is 0 Å². The predicted molar refractivity (Wildman–Crippen MR) is 74.1 cm³/mol. The molecule has 3 nitrogen and oxygen atoms in total. The Morgan fingerprint density at radius 1 is 1.24 bits per heavy atom. The van der Waals surface area contributed by atoms with Gasteiger partial charge in [0.15, 0.2) is 0 Å². The zero-order valence-corrected chi connectivity index (χ0v) is 11.8. The fraction of sp³-hybridized carbons (Fsp3) is 0.143. The van der Waals surface area contributed by atoms with Gasteiger partial charge < -0.3 is 5.32 Å².